The molecule has 1 saturated heterocycles. The van der Waals surface area contributed by atoms with Gasteiger partial charge in [0.15, 0.2) is 0 Å². The number of alkyl halides is 2. The third-order valence-corrected chi connectivity index (χ3v) is 10.6. The average molecular weight is 595 g/mol. The van der Waals surface area contributed by atoms with E-state index in [-0.39, 0.29) is 36.6 Å². The van der Waals surface area contributed by atoms with Crippen molar-refractivity contribution in [1.82, 2.24) is 20.9 Å². The number of nitrogens with one attached hydrogen (secondary N) is 3. The molecule has 3 unspecified atom stereocenters. The van der Waals surface area contributed by atoms with Gasteiger partial charge in [-0.25, -0.2) is 0 Å². The predicted molar refractivity (Wildman–Crippen MR) is 152 cm³/mol. The molecule has 1 fully saturated rings. The summed E-state index contributed by atoms with van der Waals surface area (Å²) in [6, 6.07) is 0. The first-order valence-electron chi connectivity index (χ1n) is 12.3. The number of thioether (sulfide) groups is 2. The summed E-state index contributed by atoms with van der Waals surface area (Å²) in [5, 5.41) is 10.5. The molecular formula is C24H37Cl2N5O4S2. The van der Waals surface area contributed by atoms with Crippen LogP contribution in [-0.4, -0.2) is 87.8 Å². The number of carbonyl (C=O) groups excluding carboxylic acids is 3. The Bertz CT molecular complexity index is 946. The zero-order valence-corrected chi connectivity index (χ0v) is 24.7. The molecule has 1 aliphatic carbocycles. The Kier molecular flexibility index (Phi) is 10.6. The average Bonchev–Trinajstić information content (AvgIpc) is 3.21. The van der Waals surface area contributed by atoms with Crippen LogP contribution in [0.5, 0.6) is 0 Å². The van der Waals surface area contributed by atoms with Crippen molar-refractivity contribution in [2.75, 3.05) is 45.1 Å². The lowest BCUT2D eigenvalue weighted by Gasteiger charge is -2.42. The SMILES string of the molecule is CC1(SCC(=O)NC[C@H]2CN(CC3=CCC(C)(Cl)C(C)(Cl)C3)CCO2)NC(C(=O)NCCC(N)=O)=CS1. The second-order valence-corrected chi connectivity index (χ2v) is 14.8. The number of nitrogens with zero attached hydrogens (tertiary/aromatic N) is 1. The van der Waals surface area contributed by atoms with E-state index in [2.05, 4.69) is 26.9 Å². The molecule has 0 bridgehead atoms. The molecule has 0 aromatic carbocycles. The van der Waals surface area contributed by atoms with Crippen LogP contribution in [0.2, 0.25) is 0 Å². The topological polar surface area (TPSA) is 126 Å². The number of carbonyl (C=O) groups is 3. The molecule has 3 rings (SSSR count). The molecule has 3 aliphatic rings. The van der Waals surface area contributed by atoms with Gasteiger partial charge in [-0.2, -0.15) is 0 Å². The third-order valence-electron chi connectivity index (χ3n) is 6.74. The summed E-state index contributed by atoms with van der Waals surface area (Å²) in [5.41, 5.74) is 6.78. The summed E-state index contributed by atoms with van der Waals surface area (Å²) < 4.78 is 5.33. The van der Waals surface area contributed by atoms with Crippen LogP contribution < -0.4 is 21.7 Å². The van der Waals surface area contributed by atoms with Crippen LogP contribution in [-0.2, 0) is 19.1 Å². The van der Waals surface area contributed by atoms with Crippen LogP contribution in [0.4, 0.5) is 0 Å². The van der Waals surface area contributed by atoms with Gasteiger partial charge in [-0.3, -0.25) is 19.3 Å². The highest BCUT2D eigenvalue weighted by Gasteiger charge is 2.44. The highest BCUT2D eigenvalue weighted by Crippen LogP contribution is 2.46. The third kappa shape index (κ3) is 8.96. The van der Waals surface area contributed by atoms with E-state index in [0.717, 1.165) is 32.5 Å². The zero-order valence-electron chi connectivity index (χ0n) is 21.5. The van der Waals surface area contributed by atoms with Gasteiger partial charge in [-0.05, 0) is 33.6 Å². The molecule has 9 nitrogen and oxygen atoms in total. The molecule has 208 valence electrons. The lowest BCUT2D eigenvalue weighted by atomic mass is 9.80. The van der Waals surface area contributed by atoms with E-state index in [1.165, 1.54) is 29.1 Å². The van der Waals surface area contributed by atoms with Crippen LogP contribution in [0.1, 0.15) is 40.0 Å². The lowest BCUT2D eigenvalue weighted by molar-refractivity contribution is -0.120. The van der Waals surface area contributed by atoms with E-state index < -0.39 is 19.9 Å². The fraction of sp³-hybridized carbons (Fsp3) is 0.708. The Morgan fingerprint density at radius 1 is 1.27 bits per heavy atom. The first-order chi connectivity index (χ1) is 17.3. The van der Waals surface area contributed by atoms with Crippen LogP contribution in [0.25, 0.3) is 0 Å². The molecule has 13 heteroatoms. The Labute approximate surface area is 237 Å². The van der Waals surface area contributed by atoms with Gasteiger partial charge in [0.1, 0.15) is 9.90 Å². The van der Waals surface area contributed by atoms with Gasteiger partial charge in [-0.15, -0.1) is 35.0 Å². The van der Waals surface area contributed by atoms with Crippen LogP contribution >= 0.6 is 46.7 Å². The first kappa shape index (κ1) is 30.4. The number of halogens is 2. The number of ether oxygens (including phenoxy) is 1. The molecule has 4 atom stereocenters. The van der Waals surface area contributed by atoms with Gasteiger partial charge in [0.2, 0.25) is 11.8 Å². The highest BCUT2D eigenvalue weighted by atomic mass is 35.5. The van der Waals surface area contributed by atoms with Crippen molar-refractivity contribution in [3.8, 4) is 0 Å². The molecule has 0 aromatic heterocycles. The van der Waals surface area contributed by atoms with E-state index in [9.17, 15) is 14.4 Å². The summed E-state index contributed by atoms with van der Waals surface area (Å²) >= 11 is 16.2. The van der Waals surface area contributed by atoms with E-state index in [1.807, 2.05) is 20.8 Å². The minimum Gasteiger partial charge on any atom is -0.374 e. The normalized spacial score (nSPS) is 32.2. The van der Waals surface area contributed by atoms with Crippen LogP contribution in [0.3, 0.4) is 0 Å². The molecule has 0 aromatic rings. The Balaban J connectivity index is 1.36. The molecule has 0 saturated carbocycles. The summed E-state index contributed by atoms with van der Waals surface area (Å²) in [6.45, 7) is 9.53. The van der Waals surface area contributed by atoms with Crippen molar-refractivity contribution >= 4 is 64.4 Å². The van der Waals surface area contributed by atoms with E-state index in [0.29, 0.717) is 18.8 Å². The zero-order chi connectivity index (χ0) is 27.3. The lowest BCUT2D eigenvalue weighted by Crippen LogP contribution is -2.49. The molecule has 2 heterocycles. The highest BCUT2D eigenvalue weighted by molar-refractivity contribution is 8.19. The van der Waals surface area contributed by atoms with Crippen molar-refractivity contribution < 1.29 is 19.1 Å². The minimum absolute atomic E-state index is 0.0824. The van der Waals surface area contributed by atoms with E-state index in [1.54, 1.807) is 5.41 Å². The first-order valence-corrected chi connectivity index (χ1v) is 14.9. The Hall–Kier alpha value is -1.11. The molecule has 0 radical (unpaired) electrons. The Morgan fingerprint density at radius 3 is 2.73 bits per heavy atom. The summed E-state index contributed by atoms with van der Waals surface area (Å²) in [6.07, 6.45) is 3.70. The number of hydrogen-bond acceptors (Lipinski definition) is 8. The molecular weight excluding hydrogens is 557 g/mol. The second-order valence-electron chi connectivity index (χ2n) is 10.2. The van der Waals surface area contributed by atoms with E-state index in [4.69, 9.17) is 33.7 Å². The number of rotatable bonds is 11. The monoisotopic (exact) mass is 593 g/mol. The van der Waals surface area contributed by atoms with Gasteiger partial charge < -0.3 is 26.4 Å². The predicted octanol–water partition coefficient (Wildman–Crippen LogP) is 2.09. The minimum atomic E-state index is -0.546. The molecule has 5 N–H and O–H groups in total. The fourth-order valence-corrected chi connectivity index (χ4v) is 6.57. The van der Waals surface area contributed by atoms with Crippen molar-refractivity contribution in [1.29, 1.82) is 0 Å². The van der Waals surface area contributed by atoms with E-state index >= 15 is 0 Å². The van der Waals surface area contributed by atoms with Gasteiger partial charge in [0, 0.05) is 44.6 Å². The standard InChI is InChI=1S/C24H37Cl2N5O4S2/c1-22(25)6-4-16(10-23(22,2)26)12-31-8-9-35-17(13-31)11-29-20(33)15-37-24(3)30-18(14-36-24)21(34)28-7-5-19(27)32/h4,14,17,30H,5-13,15H2,1-3H3,(H2,27,32)(H,28,34)(H,29,33)/t17-,22?,23?,24?/m0/s1. The maximum absolute atomic E-state index is 12.5. The molecule has 0 spiro atoms. The molecule has 37 heavy (non-hydrogen) atoms. The van der Waals surface area contributed by atoms with Crippen molar-refractivity contribution in [3.05, 3.63) is 22.8 Å². The largest absolute Gasteiger partial charge is 0.374 e. The quantitative estimate of drug-likeness (QED) is 0.212. The van der Waals surface area contributed by atoms with Gasteiger partial charge in [0.05, 0.1) is 28.2 Å². The number of allylic oxidation sites excluding steroid dienone is 1. The van der Waals surface area contributed by atoms with Crippen molar-refractivity contribution in [2.24, 2.45) is 5.73 Å². The number of primary amides is 1. The summed E-state index contributed by atoms with van der Waals surface area (Å²) in [4.78, 5) is 37.0. The molecule has 3 amide bonds. The van der Waals surface area contributed by atoms with Crippen molar-refractivity contribution in [3.63, 3.8) is 0 Å². The fourth-order valence-electron chi connectivity index (χ4n) is 4.22. The molecule has 2 aliphatic heterocycles. The number of morpholine rings is 1. The Morgan fingerprint density at radius 2 is 2.03 bits per heavy atom. The van der Waals surface area contributed by atoms with Gasteiger partial charge in [0.25, 0.3) is 5.91 Å². The second kappa shape index (κ2) is 12.8. The van der Waals surface area contributed by atoms with Crippen LogP contribution in [0, 0.1) is 0 Å². The van der Waals surface area contributed by atoms with Crippen molar-refractivity contribution in [2.45, 2.75) is 60.1 Å². The number of nitrogens with two attached hydrogens (primary N) is 1. The van der Waals surface area contributed by atoms with Gasteiger partial charge in [-0.1, -0.05) is 23.4 Å². The summed E-state index contributed by atoms with van der Waals surface area (Å²) in [5.74, 6) is -0.642. The number of hydrogen-bond donors (Lipinski definition) is 4. The smallest absolute Gasteiger partial charge is 0.267 e. The summed E-state index contributed by atoms with van der Waals surface area (Å²) in [7, 11) is 0. The van der Waals surface area contributed by atoms with Gasteiger partial charge >= 0.3 is 0 Å². The van der Waals surface area contributed by atoms with Crippen LogP contribution in [0.15, 0.2) is 22.8 Å². The maximum Gasteiger partial charge on any atom is 0.267 e. The maximum atomic E-state index is 12.5. The number of amides is 3.